The maximum absolute atomic E-state index is 9.82. The fraction of sp³-hybridized carbons (Fsp3) is 0.600. The minimum absolute atomic E-state index is 0.0394. The Hall–Kier alpha value is -1.22. The molecule has 1 unspecified atom stereocenters. The van der Waals surface area contributed by atoms with Crippen molar-refractivity contribution in [2.75, 3.05) is 6.54 Å². The van der Waals surface area contributed by atoms with Crippen molar-refractivity contribution in [3.63, 3.8) is 0 Å². The first kappa shape index (κ1) is 13.2. The van der Waals surface area contributed by atoms with Gasteiger partial charge < -0.3 is 15.5 Å². The van der Waals surface area contributed by atoms with Crippen molar-refractivity contribution in [2.24, 2.45) is 11.3 Å². The molecule has 1 fully saturated rings. The molecule has 0 saturated heterocycles. The van der Waals surface area contributed by atoms with Crippen LogP contribution in [-0.4, -0.2) is 16.8 Å². The molecule has 0 aliphatic heterocycles. The Bertz CT molecular complexity index is 404. The number of rotatable bonds is 5. The van der Waals surface area contributed by atoms with Gasteiger partial charge in [0.05, 0.1) is 5.56 Å². The van der Waals surface area contributed by atoms with Crippen LogP contribution in [0, 0.1) is 11.3 Å². The van der Waals surface area contributed by atoms with Crippen LogP contribution in [0.25, 0.3) is 0 Å². The van der Waals surface area contributed by atoms with Crippen LogP contribution in [-0.2, 0) is 0 Å². The van der Waals surface area contributed by atoms with E-state index in [0.29, 0.717) is 16.9 Å². The standard InChI is InChI=1S/C15H23NO2/c1-10(2)15(7-8-15)9-16-11(3)14-12(17)5-4-6-13(14)18/h4-6,10-11,16-18H,7-9H2,1-3H3. The van der Waals surface area contributed by atoms with Crippen molar-refractivity contribution in [2.45, 2.75) is 39.7 Å². The summed E-state index contributed by atoms with van der Waals surface area (Å²) in [5, 5.41) is 23.1. The molecular weight excluding hydrogens is 226 g/mol. The molecule has 1 aromatic carbocycles. The van der Waals surface area contributed by atoms with Crippen LogP contribution in [0.1, 0.15) is 45.2 Å². The zero-order valence-electron chi connectivity index (χ0n) is 11.4. The van der Waals surface area contributed by atoms with E-state index >= 15 is 0 Å². The highest BCUT2D eigenvalue weighted by molar-refractivity contribution is 5.44. The zero-order valence-corrected chi connectivity index (χ0v) is 11.4. The third-order valence-corrected chi connectivity index (χ3v) is 4.37. The highest BCUT2D eigenvalue weighted by Gasteiger charge is 2.45. The van der Waals surface area contributed by atoms with E-state index in [4.69, 9.17) is 0 Å². The summed E-state index contributed by atoms with van der Waals surface area (Å²) in [6, 6.07) is 4.84. The molecule has 0 radical (unpaired) electrons. The third-order valence-electron chi connectivity index (χ3n) is 4.37. The van der Waals surface area contributed by atoms with Crippen LogP contribution in [0.2, 0.25) is 0 Å². The molecule has 1 aromatic rings. The van der Waals surface area contributed by atoms with Crippen molar-refractivity contribution in [3.8, 4) is 11.5 Å². The van der Waals surface area contributed by atoms with Gasteiger partial charge in [-0.05, 0) is 43.2 Å². The van der Waals surface area contributed by atoms with Gasteiger partial charge in [0.2, 0.25) is 0 Å². The fourth-order valence-corrected chi connectivity index (χ4v) is 2.56. The molecule has 100 valence electrons. The Morgan fingerprint density at radius 2 is 1.72 bits per heavy atom. The van der Waals surface area contributed by atoms with E-state index in [1.165, 1.54) is 12.8 Å². The van der Waals surface area contributed by atoms with Crippen LogP contribution in [0.3, 0.4) is 0 Å². The molecule has 0 amide bonds. The molecule has 1 aliphatic rings. The molecule has 0 heterocycles. The van der Waals surface area contributed by atoms with Crippen LogP contribution in [0.15, 0.2) is 18.2 Å². The first-order valence-electron chi connectivity index (χ1n) is 6.70. The average Bonchev–Trinajstić information content (AvgIpc) is 3.07. The SMILES string of the molecule is CC(NCC1(C(C)C)CC1)c1c(O)cccc1O. The summed E-state index contributed by atoms with van der Waals surface area (Å²) >= 11 is 0. The van der Waals surface area contributed by atoms with E-state index < -0.39 is 0 Å². The van der Waals surface area contributed by atoms with Gasteiger partial charge in [-0.15, -0.1) is 0 Å². The van der Waals surface area contributed by atoms with E-state index in [0.717, 1.165) is 6.54 Å². The second-order valence-corrected chi connectivity index (χ2v) is 5.83. The van der Waals surface area contributed by atoms with Gasteiger partial charge in [0.25, 0.3) is 0 Å². The molecule has 0 spiro atoms. The molecule has 1 atom stereocenters. The molecule has 3 N–H and O–H groups in total. The number of aromatic hydroxyl groups is 2. The molecule has 3 nitrogen and oxygen atoms in total. The third kappa shape index (κ3) is 2.46. The average molecular weight is 249 g/mol. The predicted octanol–water partition coefficient (Wildman–Crippen LogP) is 3.18. The van der Waals surface area contributed by atoms with Gasteiger partial charge in [0.1, 0.15) is 11.5 Å². The summed E-state index contributed by atoms with van der Waals surface area (Å²) in [5.74, 6) is 0.990. The maximum Gasteiger partial charge on any atom is 0.124 e. The zero-order chi connectivity index (χ0) is 13.3. The first-order valence-corrected chi connectivity index (χ1v) is 6.70. The number of benzene rings is 1. The lowest BCUT2D eigenvalue weighted by molar-refractivity contribution is 0.320. The van der Waals surface area contributed by atoms with Gasteiger partial charge in [0, 0.05) is 12.6 Å². The van der Waals surface area contributed by atoms with Crippen LogP contribution in [0.4, 0.5) is 0 Å². The van der Waals surface area contributed by atoms with E-state index in [1.54, 1.807) is 18.2 Å². The van der Waals surface area contributed by atoms with E-state index in [9.17, 15) is 10.2 Å². The maximum atomic E-state index is 9.82. The summed E-state index contributed by atoms with van der Waals surface area (Å²) in [6.07, 6.45) is 2.55. The minimum atomic E-state index is -0.0394. The smallest absolute Gasteiger partial charge is 0.124 e. The Morgan fingerprint density at radius 1 is 1.17 bits per heavy atom. The normalized spacial score (nSPS) is 18.9. The van der Waals surface area contributed by atoms with Crippen molar-refractivity contribution < 1.29 is 10.2 Å². The molecule has 0 aromatic heterocycles. The molecule has 18 heavy (non-hydrogen) atoms. The largest absolute Gasteiger partial charge is 0.507 e. The molecule has 3 heteroatoms. The lowest BCUT2D eigenvalue weighted by Gasteiger charge is -2.24. The highest BCUT2D eigenvalue weighted by atomic mass is 16.3. The van der Waals surface area contributed by atoms with Crippen molar-refractivity contribution in [1.29, 1.82) is 0 Å². The highest BCUT2D eigenvalue weighted by Crippen LogP contribution is 2.51. The van der Waals surface area contributed by atoms with Crippen LogP contribution >= 0.6 is 0 Å². The van der Waals surface area contributed by atoms with E-state index in [2.05, 4.69) is 19.2 Å². The topological polar surface area (TPSA) is 52.5 Å². The Labute approximate surface area is 109 Å². The van der Waals surface area contributed by atoms with Crippen LogP contribution < -0.4 is 5.32 Å². The van der Waals surface area contributed by atoms with Crippen molar-refractivity contribution in [3.05, 3.63) is 23.8 Å². The number of phenols is 2. The monoisotopic (exact) mass is 249 g/mol. The molecule has 2 rings (SSSR count). The van der Waals surface area contributed by atoms with Gasteiger partial charge in [-0.2, -0.15) is 0 Å². The van der Waals surface area contributed by atoms with Gasteiger partial charge in [0.15, 0.2) is 0 Å². The van der Waals surface area contributed by atoms with E-state index in [1.807, 2.05) is 6.92 Å². The van der Waals surface area contributed by atoms with Gasteiger partial charge in [-0.1, -0.05) is 19.9 Å². The predicted molar refractivity (Wildman–Crippen MR) is 72.7 cm³/mol. The number of nitrogens with one attached hydrogen (secondary N) is 1. The van der Waals surface area contributed by atoms with E-state index in [-0.39, 0.29) is 17.5 Å². The number of hydrogen-bond acceptors (Lipinski definition) is 3. The van der Waals surface area contributed by atoms with Crippen molar-refractivity contribution in [1.82, 2.24) is 5.32 Å². The van der Waals surface area contributed by atoms with Gasteiger partial charge in [-0.25, -0.2) is 0 Å². The minimum Gasteiger partial charge on any atom is -0.507 e. The Kier molecular flexibility index (Phi) is 3.53. The second-order valence-electron chi connectivity index (χ2n) is 5.83. The second kappa shape index (κ2) is 4.81. The van der Waals surface area contributed by atoms with Gasteiger partial charge in [-0.3, -0.25) is 0 Å². The summed E-state index contributed by atoms with van der Waals surface area (Å²) in [6.45, 7) is 7.44. The quantitative estimate of drug-likeness (QED) is 0.751. The Morgan fingerprint density at radius 3 is 2.17 bits per heavy atom. The summed E-state index contributed by atoms with van der Waals surface area (Å²) in [5.41, 5.74) is 1.02. The molecular formula is C15H23NO2. The lowest BCUT2D eigenvalue weighted by Crippen LogP contribution is -2.29. The summed E-state index contributed by atoms with van der Waals surface area (Å²) in [7, 11) is 0. The molecule has 1 saturated carbocycles. The van der Waals surface area contributed by atoms with Gasteiger partial charge >= 0.3 is 0 Å². The number of phenolic OH excluding ortho intramolecular Hbond substituents is 2. The lowest BCUT2D eigenvalue weighted by atomic mass is 9.92. The summed E-state index contributed by atoms with van der Waals surface area (Å²) < 4.78 is 0. The Balaban J connectivity index is 2.02. The molecule has 0 bridgehead atoms. The fourth-order valence-electron chi connectivity index (χ4n) is 2.56. The van der Waals surface area contributed by atoms with Crippen LogP contribution in [0.5, 0.6) is 11.5 Å². The first-order chi connectivity index (χ1) is 8.46. The van der Waals surface area contributed by atoms with Crippen molar-refractivity contribution >= 4 is 0 Å². The molecule has 1 aliphatic carbocycles. The number of hydrogen-bond donors (Lipinski definition) is 3. The summed E-state index contributed by atoms with van der Waals surface area (Å²) in [4.78, 5) is 0.